The number of aromatic hydroxyl groups is 1. The fourth-order valence-electron chi connectivity index (χ4n) is 3.51. The molecule has 0 atom stereocenters. The first kappa shape index (κ1) is 26.0. The predicted octanol–water partition coefficient (Wildman–Crippen LogP) is 5.26. The van der Waals surface area contributed by atoms with Crippen molar-refractivity contribution in [2.75, 3.05) is 40.9 Å². The van der Waals surface area contributed by atoms with Gasteiger partial charge in [0.15, 0.2) is 23.0 Å². The third-order valence-corrected chi connectivity index (χ3v) is 5.28. The molecule has 0 aliphatic carbocycles. The van der Waals surface area contributed by atoms with Crippen molar-refractivity contribution in [3.63, 3.8) is 0 Å². The van der Waals surface area contributed by atoms with Gasteiger partial charge in [0.2, 0.25) is 11.7 Å². The van der Waals surface area contributed by atoms with E-state index < -0.39 is 5.91 Å². The number of carbonyl (C=O) groups excluding carboxylic acids is 1. The van der Waals surface area contributed by atoms with Crippen molar-refractivity contribution < 1.29 is 33.6 Å². The first-order valence-electron chi connectivity index (χ1n) is 10.9. The summed E-state index contributed by atoms with van der Waals surface area (Å²) in [5.74, 6) is 1.79. The number of anilines is 1. The summed E-state index contributed by atoms with van der Waals surface area (Å²) in [6.45, 7) is 0. The number of para-hydroxylation sites is 1. The number of amides is 1. The number of methoxy groups -OCH3 is 5. The fourth-order valence-corrected chi connectivity index (χ4v) is 3.51. The molecule has 0 unspecified atom stereocenters. The molecule has 0 saturated heterocycles. The van der Waals surface area contributed by atoms with Crippen LogP contribution in [0.5, 0.6) is 34.5 Å². The molecule has 2 N–H and O–H groups in total. The second-order valence-corrected chi connectivity index (χ2v) is 7.48. The molecule has 1 amide bonds. The first-order valence-corrected chi connectivity index (χ1v) is 10.9. The highest BCUT2D eigenvalue weighted by Crippen LogP contribution is 2.39. The van der Waals surface area contributed by atoms with Crippen LogP contribution in [0.1, 0.15) is 16.7 Å². The number of benzene rings is 3. The lowest BCUT2D eigenvalue weighted by Crippen LogP contribution is -2.08. The molecule has 0 saturated carbocycles. The van der Waals surface area contributed by atoms with Gasteiger partial charge in [-0.3, -0.25) is 4.79 Å². The van der Waals surface area contributed by atoms with E-state index >= 15 is 0 Å². The number of hydrogen-bond acceptors (Lipinski definition) is 7. The molecule has 0 fully saturated rings. The number of phenolic OH excluding ortho intramolecular Hbond substituents is 1. The Kier molecular flexibility index (Phi) is 8.83. The van der Waals surface area contributed by atoms with Gasteiger partial charge in [0, 0.05) is 11.6 Å². The molecule has 8 heteroatoms. The standard InChI is InChI=1S/C28H29NO7/c1-32-22-9-7-6-8-20(22)12-13-26(30)29-21-14-18(15-23(33-2)27(21)31)10-11-19-16-24(34-3)28(36-5)25(17-19)35-4/h6-17,31H,1-5H3,(H,29,30)/b11-10?,13-12+. The highest BCUT2D eigenvalue weighted by atomic mass is 16.5. The van der Waals surface area contributed by atoms with Gasteiger partial charge in [-0.05, 0) is 47.5 Å². The van der Waals surface area contributed by atoms with Crippen LogP contribution in [-0.2, 0) is 4.79 Å². The summed E-state index contributed by atoms with van der Waals surface area (Å²) in [6.07, 6.45) is 6.64. The van der Waals surface area contributed by atoms with Crippen LogP contribution in [0.3, 0.4) is 0 Å². The monoisotopic (exact) mass is 491 g/mol. The van der Waals surface area contributed by atoms with Gasteiger partial charge < -0.3 is 34.1 Å². The summed E-state index contributed by atoms with van der Waals surface area (Å²) >= 11 is 0. The van der Waals surface area contributed by atoms with Crippen LogP contribution in [0, 0.1) is 0 Å². The van der Waals surface area contributed by atoms with Crippen LogP contribution >= 0.6 is 0 Å². The fraction of sp³-hybridized carbons (Fsp3) is 0.179. The van der Waals surface area contributed by atoms with E-state index in [1.165, 1.54) is 13.2 Å². The van der Waals surface area contributed by atoms with E-state index in [0.29, 0.717) is 28.6 Å². The predicted molar refractivity (Wildman–Crippen MR) is 140 cm³/mol. The molecule has 0 aromatic heterocycles. The maximum absolute atomic E-state index is 12.6. The second kappa shape index (κ2) is 12.2. The Morgan fingerprint density at radius 1 is 0.722 bits per heavy atom. The summed E-state index contributed by atoms with van der Waals surface area (Å²) in [5, 5.41) is 13.3. The molecule has 0 aliphatic rings. The molecular weight excluding hydrogens is 462 g/mol. The number of nitrogens with one attached hydrogen (secondary N) is 1. The number of hydrogen-bond donors (Lipinski definition) is 2. The quantitative estimate of drug-likeness (QED) is 0.227. The highest BCUT2D eigenvalue weighted by Gasteiger charge is 2.14. The Morgan fingerprint density at radius 2 is 1.28 bits per heavy atom. The summed E-state index contributed by atoms with van der Waals surface area (Å²) < 4.78 is 26.8. The molecule has 3 aromatic carbocycles. The molecule has 188 valence electrons. The van der Waals surface area contributed by atoms with Gasteiger partial charge in [-0.15, -0.1) is 0 Å². The van der Waals surface area contributed by atoms with Gasteiger partial charge in [0.25, 0.3) is 0 Å². The van der Waals surface area contributed by atoms with Gasteiger partial charge >= 0.3 is 0 Å². The number of rotatable bonds is 10. The third kappa shape index (κ3) is 6.09. The zero-order valence-electron chi connectivity index (χ0n) is 20.8. The average molecular weight is 492 g/mol. The molecule has 3 rings (SSSR count). The molecule has 0 bridgehead atoms. The van der Waals surface area contributed by atoms with E-state index in [1.54, 1.807) is 64.8 Å². The summed E-state index contributed by atoms with van der Waals surface area (Å²) in [6, 6.07) is 14.2. The first-order chi connectivity index (χ1) is 17.4. The van der Waals surface area contributed by atoms with Crippen molar-refractivity contribution in [1.29, 1.82) is 0 Å². The Hall–Kier alpha value is -4.59. The minimum absolute atomic E-state index is 0.179. The van der Waals surface area contributed by atoms with Crippen LogP contribution in [0.4, 0.5) is 5.69 Å². The molecule has 0 heterocycles. The lowest BCUT2D eigenvalue weighted by molar-refractivity contribution is -0.111. The number of carbonyl (C=O) groups is 1. The number of ether oxygens (including phenoxy) is 5. The Morgan fingerprint density at radius 3 is 1.86 bits per heavy atom. The molecule has 36 heavy (non-hydrogen) atoms. The summed E-state index contributed by atoms with van der Waals surface area (Å²) in [5.41, 5.74) is 2.43. The van der Waals surface area contributed by atoms with Crippen LogP contribution < -0.4 is 29.0 Å². The Balaban J connectivity index is 1.87. The second-order valence-electron chi connectivity index (χ2n) is 7.48. The number of phenols is 1. The van der Waals surface area contributed by atoms with Crippen molar-refractivity contribution in [3.8, 4) is 34.5 Å². The van der Waals surface area contributed by atoms with Crippen molar-refractivity contribution in [3.05, 3.63) is 71.3 Å². The minimum atomic E-state index is -0.427. The van der Waals surface area contributed by atoms with Gasteiger partial charge in [0.1, 0.15) is 5.75 Å². The van der Waals surface area contributed by atoms with Crippen molar-refractivity contribution in [2.24, 2.45) is 0 Å². The molecule has 0 spiro atoms. The largest absolute Gasteiger partial charge is 0.503 e. The van der Waals surface area contributed by atoms with Gasteiger partial charge in [-0.2, -0.15) is 0 Å². The lowest BCUT2D eigenvalue weighted by atomic mass is 10.1. The van der Waals surface area contributed by atoms with E-state index in [4.69, 9.17) is 23.7 Å². The van der Waals surface area contributed by atoms with E-state index in [9.17, 15) is 9.90 Å². The molecule has 0 radical (unpaired) electrons. The summed E-state index contributed by atoms with van der Waals surface area (Å²) in [7, 11) is 7.64. The van der Waals surface area contributed by atoms with Gasteiger partial charge in [0.05, 0.1) is 41.2 Å². The van der Waals surface area contributed by atoms with E-state index in [1.807, 2.05) is 30.4 Å². The normalized spacial score (nSPS) is 10.9. The van der Waals surface area contributed by atoms with Crippen LogP contribution in [0.15, 0.2) is 54.6 Å². The summed E-state index contributed by atoms with van der Waals surface area (Å²) in [4.78, 5) is 12.6. The SMILES string of the molecule is COc1ccccc1/C=C/C(=O)Nc1cc(C=Cc2cc(OC)c(OC)c(OC)c2)cc(OC)c1O. The molecule has 3 aromatic rings. The Labute approximate surface area is 210 Å². The van der Waals surface area contributed by atoms with Gasteiger partial charge in [-0.1, -0.05) is 30.4 Å². The topological polar surface area (TPSA) is 95.5 Å². The zero-order valence-corrected chi connectivity index (χ0v) is 20.8. The third-order valence-electron chi connectivity index (χ3n) is 5.28. The maximum Gasteiger partial charge on any atom is 0.248 e. The molecule has 8 nitrogen and oxygen atoms in total. The smallest absolute Gasteiger partial charge is 0.248 e. The highest BCUT2D eigenvalue weighted by molar-refractivity contribution is 6.03. The molecular formula is C28H29NO7. The maximum atomic E-state index is 12.6. The van der Waals surface area contributed by atoms with Crippen molar-refractivity contribution >= 4 is 29.8 Å². The zero-order chi connectivity index (χ0) is 26.1. The van der Waals surface area contributed by atoms with Gasteiger partial charge in [-0.25, -0.2) is 0 Å². The molecule has 0 aliphatic heterocycles. The average Bonchev–Trinajstić information content (AvgIpc) is 2.91. The minimum Gasteiger partial charge on any atom is -0.503 e. The Bertz CT molecular complexity index is 1260. The van der Waals surface area contributed by atoms with E-state index in [2.05, 4.69) is 5.32 Å². The van der Waals surface area contributed by atoms with Crippen LogP contribution in [-0.4, -0.2) is 46.6 Å². The van der Waals surface area contributed by atoms with Crippen molar-refractivity contribution in [1.82, 2.24) is 0 Å². The van der Waals surface area contributed by atoms with Crippen LogP contribution in [0.25, 0.3) is 18.2 Å². The van der Waals surface area contributed by atoms with E-state index in [-0.39, 0.29) is 17.2 Å². The lowest BCUT2D eigenvalue weighted by Gasteiger charge is -2.13. The van der Waals surface area contributed by atoms with Crippen molar-refractivity contribution in [2.45, 2.75) is 0 Å². The van der Waals surface area contributed by atoms with E-state index in [0.717, 1.165) is 11.1 Å². The van der Waals surface area contributed by atoms with Crippen LogP contribution in [0.2, 0.25) is 0 Å².